The lowest BCUT2D eigenvalue weighted by Crippen LogP contribution is -2.26. The number of carbonyl (C=O) groups is 1. The highest BCUT2D eigenvalue weighted by Gasteiger charge is 2.40. The van der Waals surface area contributed by atoms with E-state index in [1.165, 1.54) is 6.92 Å². The molecule has 1 heterocycles. The zero-order valence-electron chi connectivity index (χ0n) is 6.85. The zero-order valence-corrected chi connectivity index (χ0v) is 6.85. The Morgan fingerprint density at radius 2 is 2.45 bits per heavy atom. The average molecular weight is 159 g/mol. The van der Waals surface area contributed by atoms with Crippen molar-refractivity contribution < 1.29 is 14.3 Å². The summed E-state index contributed by atoms with van der Waals surface area (Å²) in [7, 11) is 0. The highest BCUT2D eigenvalue weighted by molar-refractivity contribution is 5.72. The fourth-order valence-electron chi connectivity index (χ4n) is 0.679. The third kappa shape index (κ3) is 3.34. The van der Waals surface area contributed by atoms with Crippen LogP contribution >= 0.6 is 0 Å². The Bertz CT molecular complexity index is 154. The molecule has 0 aromatic heterocycles. The van der Waals surface area contributed by atoms with Crippen LogP contribution in [0, 0.1) is 0 Å². The van der Waals surface area contributed by atoms with E-state index < -0.39 is 0 Å². The van der Waals surface area contributed by atoms with E-state index in [-0.39, 0.29) is 11.7 Å². The van der Waals surface area contributed by atoms with E-state index in [9.17, 15) is 4.79 Å². The molecule has 0 bridgehead atoms. The van der Waals surface area contributed by atoms with Crippen LogP contribution in [0.25, 0.3) is 0 Å². The van der Waals surface area contributed by atoms with Crippen LogP contribution in [0.2, 0.25) is 0 Å². The van der Waals surface area contributed by atoms with Crippen molar-refractivity contribution in [2.24, 2.45) is 0 Å². The molecule has 1 rings (SSSR count). The van der Waals surface area contributed by atoms with E-state index in [2.05, 4.69) is 5.32 Å². The molecule has 0 aromatic rings. The van der Waals surface area contributed by atoms with Crippen molar-refractivity contribution in [1.29, 1.82) is 0 Å². The number of hydrogen-bond donors (Lipinski definition) is 1. The summed E-state index contributed by atoms with van der Waals surface area (Å²) in [6, 6.07) is 0. The van der Waals surface area contributed by atoms with Gasteiger partial charge < -0.3 is 14.8 Å². The van der Waals surface area contributed by atoms with Gasteiger partial charge in [-0.3, -0.25) is 4.79 Å². The molecule has 1 fully saturated rings. The van der Waals surface area contributed by atoms with Crippen molar-refractivity contribution >= 4 is 5.91 Å². The van der Waals surface area contributed by atoms with Gasteiger partial charge in [-0.1, -0.05) is 0 Å². The molecule has 11 heavy (non-hydrogen) atoms. The summed E-state index contributed by atoms with van der Waals surface area (Å²) >= 11 is 0. The van der Waals surface area contributed by atoms with Crippen LogP contribution in [0.5, 0.6) is 0 Å². The Labute approximate surface area is 65.9 Å². The minimum atomic E-state index is -0.363. The maximum atomic E-state index is 10.4. The molecule has 1 unspecified atom stereocenters. The molecule has 0 spiro atoms. The molecule has 0 aromatic carbocycles. The molecule has 4 nitrogen and oxygen atoms in total. The fourth-order valence-corrected chi connectivity index (χ4v) is 0.679. The van der Waals surface area contributed by atoms with Crippen molar-refractivity contribution in [2.45, 2.75) is 19.6 Å². The predicted octanol–water partition coefficient (Wildman–Crippen LogP) is -0.115. The number of amides is 1. The third-order valence-electron chi connectivity index (χ3n) is 1.43. The smallest absolute Gasteiger partial charge is 0.216 e. The minimum absolute atomic E-state index is 0.0320. The quantitative estimate of drug-likeness (QED) is 0.460. The van der Waals surface area contributed by atoms with Crippen molar-refractivity contribution in [2.75, 3.05) is 19.8 Å². The van der Waals surface area contributed by atoms with Crippen molar-refractivity contribution in [3.8, 4) is 0 Å². The summed E-state index contributed by atoms with van der Waals surface area (Å²) in [6.07, 6.45) is 0. The van der Waals surface area contributed by atoms with E-state index in [1.807, 2.05) is 6.92 Å². The number of hydrogen-bond acceptors (Lipinski definition) is 3. The first-order valence-electron chi connectivity index (χ1n) is 3.65. The maximum Gasteiger partial charge on any atom is 0.216 e. The summed E-state index contributed by atoms with van der Waals surface area (Å²) in [4.78, 5) is 10.4. The summed E-state index contributed by atoms with van der Waals surface area (Å²) in [5.41, 5.74) is 0. The van der Waals surface area contributed by atoms with E-state index in [0.29, 0.717) is 19.8 Å². The normalized spacial score (nSPS) is 28.2. The lowest BCUT2D eigenvalue weighted by Gasteiger charge is -2.06. The van der Waals surface area contributed by atoms with E-state index >= 15 is 0 Å². The van der Waals surface area contributed by atoms with Gasteiger partial charge in [0.15, 0.2) is 5.79 Å². The molecule has 1 amide bonds. The lowest BCUT2D eigenvalue weighted by molar-refractivity contribution is -0.119. The molecular weight excluding hydrogens is 146 g/mol. The van der Waals surface area contributed by atoms with Gasteiger partial charge in [0.2, 0.25) is 5.91 Å². The van der Waals surface area contributed by atoms with Crippen molar-refractivity contribution in [3.05, 3.63) is 0 Å². The number of carbonyl (C=O) groups excluding carboxylic acids is 1. The molecule has 1 N–H and O–H groups in total. The molecule has 64 valence electrons. The zero-order chi connectivity index (χ0) is 8.32. The van der Waals surface area contributed by atoms with Crippen LogP contribution in [-0.2, 0) is 14.3 Å². The Kier molecular flexibility index (Phi) is 2.46. The Hall–Kier alpha value is -0.610. The number of ether oxygens (including phenoxy) is 2. The first-order chi connectivity index (χ1) is 5.12. The second-order valence-electron chi connectivity index (χ2n) is 2.75. The van der Waals surface area contributed by atoms with Gasteiger partial charge in [0.1, 0.15) is 6.61 Å². The SMILES string of the molecule is CC(=O)NCCOC1(C)CO1. The second-order valence-corrected chi connectivity index (χ2v) is 2.75. The highest BCUT2D eigenvalue weighted by atomic mass is 16.8. The summed E-state index contributed by atoms with van der Waals surface area (Å²) in [5, 5.41) is 2.63. The largest absolute Gasteiger partial charge is 0.354 e. The van der Waals surface area contributed by atoms with Gasteiger partial charge in [0.05, 0.1) is 6.61 Å². The molecule has 1 aliphatic rings. The van der Waals surface area contributed by atoms with Gasteiger partial charge in [0.25, 0.3) is 0 Å². The van der Waals surface area contributed by atoms with Gasteiger partial charge in [-0.15, -0.1) is 0 Å². The van der Waals surface area contributed by atoms with Crippen LogP contribution in [0.1, 0.15) is 13.8 Å². The maximum absolute atomic E-state index is 10.4. The number of rotatable bonds is 4. The summed E-state index contributed by atoms with van der Waals surface area (Å²) < 4.78 is 10.2. The van der Waals surface area contributed by atoms with Gasteiger partial charge in [-0.05, 0) is 6.92 Å². The van der Waals surface area contributed by atoms with Crippen molar-refractivity contribution in [1.82, 2.24) is 5.32 Å². The second kappa shape index (κ2) is 3.19. The first-order valence-corrected chi connectivity index (χ1v) is 3.65. The molecule has 1 atom stereocenters. The third-order valence-corrected chi connectivity index (χ3v) is 1.43. The van der Waals surface area contributed by atoms with E-state index in [1.54, 1.807) is 0 Å². The molecule has 0 aliphatic carbocycles. The average Bonchev–Trinajstić information content (AvgIpc) is 2.62. The predicted molar refractivity (Wildman–Crippen MR) is 39.0 cm³/mol. The molecule has 0 saturated carbocycles. The van der Waals surface area contributed by atoms with Crippen LogP contribution in [0.4, 0.5) is 0 Å². The molecule has 1 aliphatic heterocycles. The lowest BCUT2D eigenvalue weighted by atomic mass is 10.5. The van der Waals surface area contributed by atoms with Crippen LogP contribution in [-0.4, -0.2) is 31.5 Å². The Morgan fingerprint density at radius 3 is 2.91 bits per heavy atom. The standard InChI is InChI=1S/C7H13NO3/c1-6(9)8-3-4-10-7(2)5-11-7/h3-5H2,1-2H3,(H,8,9). The van der Waals surface area contributed by atoms with Gasteiger partial charge in [-0.25, -0.2) is 0 Å². The Morgan fingerprint density at radius 1 is 1.82 bits per heavy atom. The van der Waals surface area contributed by atoms with Crippen LogP contribution in [0.15, 0.2) is 0 Å². The monoisotopic (exact) mass is 159 g/mol. The number of epoxide rings is 1. The highest BCUT2D eigenvalue weighted by Crippen LogP contribution is 2.26. The minimum Gasteiger partial charge on any atom is -0.354 e. The molecular formula is C7H13NO3. The summed E-state index contributed by atoms with van der Waals surface area (Å²) in [5.74, 6) is -0.395. The Balaban J connectivity index is 1.92. The van der Waals surface area contributed by atoms with Gasteiger partial charge in [-0.2, -0.15) is 0 Å². The molecule has 4 heteroatoms. The summed E-state index contributed by atoms with van der Waals surface area (Å²) in [6.45, 7) is 5.08. The van der Waals surface area contributed by atoms with E-state index in [4.69, 9.17) is 9.47 Å². The van der Waals surface area contributed by atoms with Crippen molar-refractivity contribution in [3.63, 3.8) is 0 Å². The van der Waals surface area contributed by atoms with Crippen LogP contribution in [0.3, 0.4) is 0 Å². The van der Waals surface area contributed by atoms with Crippen LogP contribution < -0.4 is 5.32 Å². The van der Waals surface area contributed by atoms with Gasteiger partial charge in [0, 0.05) is 13.5 Å². The topological polar surface area (TPSA) is 50.9 Å². The molecule has 0 radical (unpaired) electrons. The number of nitrogens with one attached hydrogen (secondary N) is 1. The van der Waals surface area contributed by atoms with E-state index in [0.717, 1.165) is 0 Å². The first kappa shape index (κ1) is 8.49. The molecule has 1 saturated heterocycles. The van der Waals surface area contributed by atoms with Gasteiger partial charge >= 0.3 is 0 Å². The fraction of sp³-hybridized carbons (Fsp3) is 0.857.